The van der Waals surface area contributed by atoms with Crippen molar-refractivity contribution in [3.8, 4) is 0 Å². The van der Waals surface area contributed by atoms with E-state index < -0.39 is 0 Å². The summed E-state index contributed by atoms with van der Waals surface area (Å²) < 4.78 is 0. The normalized spacial score (nSPS) is 9.82. The van der Waals surface area contributed by atoms with Crippen LogP contribution in [0.4, 0.5) is 0 Å². The predicted octanol–water partition coefficient (Wildman–Crippen LogP) is 2.94. The first-order chi connectivity index (χ1) is 4.85. The zero-order chi connectivity index (χ0) is 7.82. The fraction of sp³-hybridized carbons (Fsp3) is 1.00. The second-order valence-electron chi connectivity index (χ2n) is 2.73. The molecule has 0 aromatic rings. The Morgan fingerprint density at radius 3 is 1.82 bits per heavy atom. The average molecular weight is 180 g/mol. The van der Waals surface area contributed by atoms with E-state index in [9.17, 15) is 0 Å². The van der Waals surface area contributed by atoms with E-state index in [1.54, 1.807) is 0 Å². The van der Waals surface area contributed by atoms with Crippen molar-refractivity contribution in [1.29, 1.82) is 0 Å². The lowest BCUT2D eigenvalue weighted by molar-refractivity contribution is 0.296. The van der Waals surface area contributed by atoms with Crippen molar-refractivity contribution >= 4 is 12.4 Å². The van der Waals surface area contributed by atoms with Crippen LogP contribution in [0.1, 0.15) is 40.0 Å². The monoisotopic (exact) mass is 179 g/mol. The SMILES string of the molecule is CCCCCN(CC)CC.Cl. The van der Waals surface area contributed by atoms with Gasteiger partial charge in [0.15, 0.2) is 0 Å². The van der Waals surface area contributed by atoms with Crippen LogP contribution in [0.5, 0.6) is 0 Å². The maximum Gasteiger partial charge on any atom is -0.00190 e. The minimum Gasteiger partial charge on any atom is -0.304 e. The Hall–Kier alpha value is 0.250. The number of unbranched alkanes of at least 4 members (excludes halogenated alkanes) is 2. The molecular formula is C9H22ClN. The zero-order valence-electron chi connectivity index (χ0n) is 8.10. The van der Waals surface area contributed by atoms with Gasteiger partial charge in [-0.2, -0.15) is 0 Å². The second-order valence-corrected chi connectivity index (χ2v) is 2.73. The van der Waals surface area contributed by atoms with Gasteiger partial charge in [0, 0.05) is 0 Å². The highest BCUT2D eigenvalue weighted by Crippen LogP contribution is 1.96. The molecule has 1 nitrogen and oxygen atoms in total. The third kappa shape index (κ3) is 8.15. The van der Waals surface area contributed by atoms with Crippen LogP contribution in [0.15, 0.2) is 0 Å². The van der Waals surface area contributed by atoms with Crippen LogP contribution < -0.4 is 0 Å². The van der Waals surface area contributed by atoms with Gasteiger partial charge in [-0.3, -0.25) is 0 Å². The van der Waals surface area contributed by atoms with E-state index in [0.717, 1.165) is 0 Å². The van der Waals surface area contributed by atoms with Crippen molar-refractivity contribution in [2.75, 3.05) is 19.6 Å². The molecule has 0 atom stereocenters. The van der Waals surface area contributed by atoms with Crippen LogP contribution in [-0.2, 0) is 0 Å². The molecule has 0 aliphatic heterocycles. The fourth-order valence-corrected chi connectivity index (χ4v) is 1.13. The lowest BCUT2D eigenvalue weighted by Gasteiger charge is -2.16. The highest BCUT2D eigenvalue weighted by Gasteiger charge is 1.95. The molecule has 0 saturated heterocycles. The topological polar surface area (TPSA) is 3.24 Å². The first kappa shape index (κ1) is 13.8. The highest BCUT2D eigenvalue weighted by molar-refractivity contribution is 5.85. The molecule has 0 aromatic heterocycles. The molecule has 0 spiro atoms. The molecule has 0 radical (unpaired) electrons. The van der Waals surface area contributed by atoms with Crippen molar-refractivity contribution in [2.24, 2.45) is 0 Å². The minimum absolute atomic E-state index is 0. The minimum atomic E-state index is 0. The van der Waals surface area contributed by atoms with Crippen molar-refractivity contribution in [3.05, 3.63) is 0 Å². The van der Waals surface area contributed by atoms with Crippen LogP contribution in [0.2, 0.25) is 0 Å². The summed E-state index contributed by atoms with van der Waals surface area (Å²) in [5, 5.41) is 0. The van der Waals surface area contributed by atoms with E-state index in [4.69, 9.17) is 0 Å². The fourth-order valence-electron chi connectivity index (χ4n) is 1.13. The molecule has 0 aliphatic carbocycles. The van der Waals surface area contributed by atoms with Gasteiger partial charge in [-0.05, 0) is 26.1 Å². The highest BCUT2D eigenvalue weighted by atomic mass is 35.5. The summed E-state index contributed by atoms with van der Waals surface area (Å²) in [7, 11) is 0. The zero-order valence-corrected chi connectivity index (χ0v) is 8.91. The van der Waals surface area contributed by atoms with E-state index in [0.29, 0.717) is 0 Å². The molecule has 0 heterocycles. The standard InChI is InChI=1S/C9H21N.ClH/c1-4-7-8-9-10(5-2)6-3;/h4-9H2,1-3H3;1H. The Morgan fingerprint density at radius 1 is 0.909 bits per heavy atom. The summed E-state index contributed by atoms with van der Waals surface area (Å²) in [6, 6.07) is 0. The lowest BCUT2D eigenvalue weighted by atomic mass is 10.2. The van der Waals surface area contributed by atoms with Gasteiger partial charge < -0.3 is 4.90 Å². The lowest BCUT2D eigenvalue weighted by Crippen LogP contribution is -2.23. The van der Waals surface area contributed by atoms with Crippen LogP contribution >= 0.6 is 12.4 Å². The van der Waals surface area contributed by atoms with Gasteiger partial charge in [0.05, 0.1) is 0 Å². The van der Waals surface area contributed by atoms with E-state index in [2.05, 4.69) is 25.7 Å². The third-order valence-corrected chi connectivity index (χ3v) is 1.97. The van der Waals surface area contributed by atoms with Crippen molar-refractivity contribution in [3.63, 3.8) is 0 Å². The first-order valence-electron chi connectivity index (χ1n) is 4.57. The number of hydrogen-bond acceptors (Lipinski definition) is 1. The van der Waals surface area contributed by atoms with Crippen LogP contribution in [0.25, 0.3) is 0 Å². The summed E-state index contributed by atoms with van der Waals surface area (Å²) >= 11 is 0. The van der Waals surface area contributed by atoms with Crippen molar-refractivity contribution < 1.29 is 0 Å². The van der Waals surface area contributed by atoms with Gasteiger partial charge in [0.2, 0.25) is 0 Å². The maximum atomic E-state index is 2.48. The molecule has 0 bridgehead atoms. The Kier molecular flexibility index (Phi) is 12.9. The molecule has 0 aromatic carbocycles. The van der Waals surface area contributed by atoms with E-state index in [-0.39, 0.29) is 12.4 Å². The van der Waals surface area contributed by atoms with E-state index in [1.807, 2.05) is 0 Å². The molecule has 0 N–H and O–H groups in total. The Bertz CT molecular complexity index is 62.6. The summed E-state index contributed by atoms with van der Waals surface area (Å²) in [4.78, 5) is 2.48. The van der Waals surface area contributed by atoms with Gasteiger partial charge in [0.25, 0.3) is 0 Å². The summed E-state index contributed by atoms with van der Waals surface area (Å²) in [6.45, 7) is 10.4. The molecule has 0 saturated carbocycles. The van der Waals surface area contributed by atoms with Crippen LogP contribution in [0.3, 0.4) is 0 Å². The largest absolute Gasteiger partial charge is 0.304 e. The second kappa shape index (κ2) is 10.2. The van der Waals surface area contributed by atoms with Gasteiger partial charge in [-0.1, -0.05) is 33.6 Å². The van der Waals surface area contributed by atoms with Gasteiger partial charge >= 0.3 is 0 Å². The number of hydrogen-bond donors (Lipinski definition) is 0. The predicted molar refractivity (Wildman–Crippen MR) is 54.6 cm³/mol. The molecule has 11 heavy (non-hydrogen) atoms. The Labute approximate surface area is 77.6 Å². The summed E-state index contributed by atoms with van der Waals surface area (Å²) in [5.74, 6) is 0. The molecule has 0 amide bonds. The summed E-state index contributed by atoms with van der Waals surface area (Å²) in [6.07, 6.45) is 4.09. The number of nitrogens with zero attached hydrogens (tertiary/aromatic N) is 1. The molecule has 2 heteroatoms. The average Bonchev–Trinajstić information content (AvgIpc) is 1.99. The maximum absolute atomic E-state index is 2.48. The van der Waals surface area contributed by atoms with Gasteiger partial charge in [0.1, 0.15) is 0 Å². The summed E-state index contributed by atoms with van der Waals surface area (Å²) in [5.41, 5.74) is 0. The molecular weight excluding hydrogens is 158 g/mol. The Morgan fingerprint density at radius 2 is 1.45 bits per heavy atom. The van der Waals surface area contributed by atoms with Crippen LogP contribution in [-0.4, -0.2) is 24.5 Å². The number of rotatable bonds is 6. The molecule has 0 unspecified atom stereocenters. The van der Waals surface area contributed by atoms with E-state index in [1.165, 1.54) is 38.9 Å². The quantitative estimate of drug-likeness (QED) is 0.567. The van der Waals surface area contributed by atoms with Crippen LogP contribution in [0, 0.1) is 0 Å². The third-order valence-electron chi connectivity index (χ3n) is 1.97. The molecule has 70 valence electrons. The molecule has 0 fully saturated rings. The van der Waals surface area contributed by atoms with E-state index >= 15 is 0 Å². The van der Waals surface area contributed by atoms with Gasteiger partial charge in [-0.25, -0.2) is 0 Å². The van der Waals surface area contributed by atoms with Gasteiger partial charge in [-0.15, -0.1) is 12.4 Å². The first-order valence-corrected chi connectivity index (χ1v) is 4.57. The number of halogens is 1. The molecule has 0 rings (SSSR count). The molecule has 0 aliphatic rings. The smallest absolute Gasteiger partial charge is 0.00190 e. The van der Waals surface area contributed by atoms with Crippen molar-refractivity contribution in [1.82, 2.24) is 4.90 Å². The Balaban J connectivity index is 0. The van der Waals surface area contributed by atoms with Crippen molar-refractivity contribution in [2.45, 2.75) is 40.0 Å².